The van der Waals surface area contributed by atoms with Gasteiger partial charge in [-0.2, -0.15) is 0 Å². The molecule has 0 unspecified atom stereocenters. The van der Waals surface area contributed by atoms with Crippen molar-refractivity contribution in [3.05, 3.63) is 24.3 Å². The molecule has 19 heavy (non-hydrogen) atoms. The third-order valence-corrected chi connectivity index (χ3v) is 3.42. The van der Waals surface area contributed by atoms with E-state index in [1.165, 1.54) is 6.07 Å². The summed E-state index contributed by atoms with van der Waals surface area (Å²) in [7, 11) is 0. The van der Waals surface area contributed by atoms with Crippen molar-refractivity contribution in [2.75, 3.05) is 18.4 Å². The first-order valence-corrected chi connectivity index (χ1v) is 6.46. The fourth-order valence-corrected chi connectivity index (χ4v) is 2.11. The van der Waals surface area contributed by atoms with Crippen LogP contribution < -0.4 is 5.32 Å². The number of hydrogen-bond donors (Lipinski definition) is 2. The number of carbonyl (C=O) groups excluding carboxylic acids is 2. The maximum atomic E-state index is 12.0. The lowest BCUT2D eigenvalue weighted by Crippen LogP contribution is -2.43. The van der Waals surface area contributed by atoms with Gasteiger partial charge in [0.05, 0.1) is 5.69 Å². The Labute approximate surface area is 112 Å². The first-order chi connectivity index (χ1) is 9.08. The number of rotatable bonds is 1. The second-order valence-corrected chi connectivity index (χ2v) is 4.95. The number of para-hydroxylation sites is 2. The van der Waals surface area contributed by atoms with Gasteiger partial charge in [0.15, 0.2) is 0 Å². The van der Waals surface area contributed by atoms with Gasteiger partial charge in [0.2, 0.25) is 0 Å². The molecular formula is C14H18N2O3. The van der Waals surface area contributed by atoms with Crippen LogP contribution in [0, 0.1) is 5.92 Å². The molecule has 1 saturated heterocycles. The molecule has 1 aliphatic heterocycles. The monoisotopic (exact) mass is 262 g/mol. The number of carbonyl (C=O) groups is 2. The van der Waals surface area contributed by atoms with Gasteiger partial charge in [0.25, 0.3) is 0 Å². The molecule has 0 atom stereocenters. The van der Waals surface area contributed by atoms with Gasteiger partial charge in [0.1, 0.15) is 5.75 Å². The van der Waals surface area contributed by atoms with Crippen LogP contribution in [0.5, 0.6) is 5.75 Å². The van der Waals surface area contributed by atoms with Gasteiger partial charge < -0.3 is 15.3 Å². The van der Waals surface area contributed by atoms with Crippen molar-refractivity contribution >= 4 is 17.5 Å². The molecule has 5 heteroatoms. The summed E-state index contributed by atoms with van der Waals surface area (Å²) < 4.78 is 0. The topological polar surface area (TPSA) is 69.6 Å². The number of piperidine rings is 1. The van der Waals surface area contributed by atoms with Crippen LogP contribution in [0.1, 0.15) is 19.8 Å². The zero-order chi connectivity index (χ0) is 13.8. The highest BCUT2D eigenvalue weighted by atomic mass is 16.3. The third-order valence-electron chi connectivity index (χ3n) is 3.42. The minimum absolute atomic E-state index is 0.0454. The van der Waals surface area contributed by atoms with Gasteiger partial charge >= 0.3 is 11.8 Å². The molecule has 0 aromatic heterocycles. The molecule has 1 heterocycles. The van der Waals surface area contributed by atoms with Crippen LogP contribution >= 0.6 is 0 Å². The first-order valence-electron chi connectivity index (χ1n) is 6.46. The lowest BCUT2D eigenvalue weighted by molar-refractivity contribution is -0.144. The van der Waals surface area contributed by atoms with Crippen LogP contribution in [0.2, 0.25) is 0 Å². The largest absolute Gasteiger partial charge is 0.506 e. The SMILES string of the molecule is CC1CCN(C(=O)C(=O)Nc2ccccc2O)CC1. The molecule has 5 nitrogen and oxygen atoms in total. The molecule has 0 radical (unpaired) electrons. The Bertz CT molecular complexity index is 479. The number of nitrogens with zero attached hydrogens (tertiary/aromatic N) is 1. The summed E-state index contributed by atoms with van der Waals surface area (Å²) in [5, 5.41) is 12.0. The van der Waals surface area contributed by atoms with Gasteiger partial charge in [-0.15, -0.1) is 0 Å². The number of aromatic hydroxyl groups is 1. The van der Waals surface area contributed by atoms with E-state index in [1.807, 2.05) is 0 Å². The van der Waals surface area contributed by atoms with E-state index in [0.717, 1.165) is 12.8 Å². The predicted molar refractivity (Wildman–Crippen MR) is 71.7 cm³/mol. The molecule has 0 bridgehead atoms. The third kappa shape index (κ3) is 3.24. The summed E-state index contributed by atoms with van der Waals surface area (Å²) in [4.78, 5) is 25.3. The second-order valence-electron chi connectivity index (χ2n) is 4.95. The maximum absolute atomic E-state index is 12.0. The minimum atomic E-state index is -0.698. The summed E-state index contributed by atoms with van der Waals surface area (Å²) in [6.07, 6.45) is 1.85. The van der Waals surface area contributed by atoms with Crippen molar-refractivity contribution in [2.24, 2.45) is 5.92 Å². The molecule has 102 valence electrons. The Hall–Kier alpha value is -2.04. The average molecular weight is 262 g/mol. The fourth-order valence-electron chi connectivity index (χ4n) is 2.11. The van der Waals surface area contributed by atoms with Crippen molar-refractivity contribution in [2.45, 2.75) is 19.8 Å². The van der Waals surface area contributed by atoms with Gasteiger partial charge in [-0.3, -0.25) is 9.59 Å². The standard InChI is InChI=1S/C14H18N2O3/c1-10-6-8-16(9-7-10)14(19)13(18)15-11-4-2-3-5-12(11)17/h2-5,10,17H,6-9H2,1H3,(H,15,18). The Morgan fingerprint density at radius 3 is 2.53 bits per heavy atom. The number of nitrogens with one attached hydrogen (secondary N) is 1. The Kier molecular flexibility index (Phi) is 4.04. The molecule has 1 aliphatic rings. The number of amides is 2. The zero-order valence-corrected chi connectivity index (χ0v) is 10.9. The molecule has 1 aromatic carbocycles. The quantitative estimate of drug-likeness (QED) is 0.596. The normalized spacial score (nSPS) is 16.2. The van der Waals surface area contributed by atoms with Crippen LogP contribution in [0.4, 0.5) is 5.69 Å². The van der Waals surface area contributed by atoms with Crippen LogP contribution in [0.25, 0.3) is 0 Å². The number of phenols is 1. The van der Waals surface area contributed by atoms with E-state index >= 15 is 0 Å². The van der Waals surface area contributed by atoms with Gasteiger partial charge in [-0.25, -0.2) is 0 Å². The molecule has 2 N–H and O–H groups in total. The molecule has 1 fully saturated rings. The van der Waals surface area contributed by atoms with E-state index < -0.39 is 11.8 Å². The van der Waals surface area contributed by atoms with Gasteiger partial charge in [-0.05, 0) is 30.9 Å². The summed E-state index contributed by atoms with van der Waals surface area (Å²) in [6, 6.07) is 6.35. The van der Waals surface area contributed by atoms with E-state index in [1.54, 1.807) is 23.1 Å². The summed E-state index contributed by atoms with van der Waals surface area (Å²) in [5.74, 6) is -0.674. The highest BCUT2D eigenvalue weighted by Crippen LogP contribution is 2.22. The fraction of sp³-hybridized carbons (Fsp3) is 0.429. The van der Waals surface area contributed by atoms with Crippen molar-refractivity contribution in [1.29, 1.82) is 0 Å². The number of phenolic OH excluding ortho intramolecular Hbond substituents is 1. The Balaban J connectivity index is 1.96. The van der Waals surface area contributed by atoms with Crippen LogP contribution in [-0.4, -0.2) is 34.9 Å². The van der Waals surface area contributed by atoms with Crippen LogP contribution in [0.15, 0.2) is 24.3 Å². The second kappa shape index (κ2) is 5.73. The Morgan fingerprint density at radius 1 is 1.26 bits per heavy atom. The smallest absolute Gasteiger partial charge is 0.314 e. The molecule has 0 saturated carbocycles. The molecule has 2 rings (SSSR count). The minimum Gasteiger partial charge on any atom is -0.506 e. The molecule has 1 aromatic rings. The van der Waals surface area contributed by atoms with E-state index in [-0.39, 0.29) is 11.4 Å². The van der Waals surface area contributed by atoms with E-state index in [2.05, 4.69) is 12.2 Å². The highest BCUT2D eigenvalue weighted by molar-refractivity contribution is 6.39. The van der Waals surface area contributed by atoms with Gasteiger partial charge in [0, 0.05) is 13.1 Å². The first kappa shape index (κ1) is 13.4. The number of benzene rings is 1. The van der Waals surface area contributed by atoms with E-state index in [0.29, 0.717) is 19.0 Å². The molecular weight excluding hydrogens is 244 g/mol. The lowest BCUT2D eigenvalue weighted by atomic mass is 9.99. The van der Waals surface area contributed by atoms with Gasteiger partial charge in [-0.1, -0.05) is 19.1 Å². The van der Waals surface area contributed by atoms with Crippen LogP contribution in [-0.2, 0) is 9.59 Å². The molecule has 0 aliphatic carbocycles. The molecule has 2 amide bonds. The molecule has 0 spiro atoms. The van der Waals surface area contributed by atoms with Crippen molar-refractivity contribution in [3.63, 3.8) is 0 Å². The highest BCUT2D eigenvalue weighted by Gasteiger charge is 2.25. The maximum Gasteiger partial charge on any atom is 0.314 e. The lowest BCUT2D eigenvalue weighted by Gasteiger charge is -2.29. The zero-order valence-electron chi connectivity index (χ0n) is 10.9. The number of anilines is 1. The van der Waals surface area contributed by atoms with Crippen molar-refractivity contribution < 1.29 is 14.7 Å². The van der Waals surface area contributed by atoms with Crippen LogP contribution in [0.3, 0.4) is 0 Å². The van der Waals surface area contributed by atoms with E-state index in [4.69, 9.17) is 0 Å². The summed E-state index contributed by atoms with van der Waals surface area (Å²) in [5.41, 5.74) is 0.256. The summed E-state index contributed by atoms with van der Waals surface area (Å²) >= 11 is 0. The predicted octanol–water partition coefficient (Wildman–Crippen LogP) is 1.59. The van der Waals surface area contributed by atoms with E-state index in [9.17, 15) is 14.7 Å². The Morgan fingerprint density at radius 2 is 1.89 bits per heavy atom. The van der Waals surface area contributed by atoms with Crippen molar-refractivity contribution in [1.82, 2.24) is 4.90 Å². The van der Waals surface area contributed by atoms with Crippen molar-refractivity contribution in [3.8, 4) is 5.75 Å². The number of hydrogen-bond acceptors (Lipinski definition) is 3. The summed E-state index contributed by atoms with van der Waals surface area (Å²) in [6.45, 7) is 3.38. The average Bonchev–Trinajstić information content (AvgIpc) is 2.41. The number of likely N-dealkylation sites (tertiary alicyclic amines) is 1.